The highest BCUT2D eigenvalue weighted by Crippen LogP contribution is 2.36. The zero-order chi connectivity index (χ0) is 13.6. The van der Waals surface area contributed by atoms with Crippen LogP contribution in [0.5, 0.6) is 0 Å². The second-order valence-electron chi connectivity index (χ2n) is 4.65. The van der Waals surface area contributed by atoms with Crippen molar-refractivity contribution in [2.75, 3.05) is 5.32 Å². The first-order chi connectivity index (χ1) is 9.06. The molecule has 1 heterocycles. The van der Waals surface area contributed by atoms with Crippen molar-refractivity contribution in [1.29, 1.82) is 0 Å². The van der Waals surface area contributed by atoms with Crippen LogP contribution < -0.4 is 5.32 Å². The number of hydrogen-bond donors (Lipinski definition) is 1. The number of carbonyl (C=O) groups excluding carboxylic acids is 1. The molecule has 2 aromatic rings. The molecule has 0 fully saturated rings. The summed E-state index contributed by atoms with van der Waals surface area (Å²) in [7, 11) is 0. The van der Waals surface area contributed by atoms with Gasteiger partial charge in [0.1, 0.15) is 5.82 Å². The molecule has 0 atom stereocenters. The molecular weight excluding hydrogens is 265 g/mol. The zero-order valence-corrected chi connectivity index (χ0v) is 11.0. The third-order valence-electron chi connectivity index (χ3n) is 3.28. The lowest BCUT2D eigenvalue weighted by molar-refractivity contribution is -0.115. The summed E-state index contributed by atoms with van der Waals surface area (Å²) < 4.78 is 13.9. The van der Waals surface area contributed by atoms with Gasteiger partial charge in [-0.05, 0) is 47.9 Å². The van der Waals surface area contributed by atoms with Crippen LogP contribution in [-0.2, 0) is 11.2 Å². The van der Waals surface area contributed by atoms with Crippen molar-refractivity contribution in [1.82, 2.24) is 0 Å². The predicted molar refractivity (Wildman–Crippen MR) is 73.9 cm³/mol. The number of aryl methyl sites for hydroxylation is 1. The van der Waals surface area contributed by atoms with Gasteiger partial charge in [0.05, 0.1) is 11.4 Å². The molecule has 2 nitrogen and oxygen atoms in total. The highest BCUT2D eigenvalue weighted by molar-refractivity contribution is 6.33. The molecular formula is C15H11ClFNO. The molecule has 0 saturated heterocycles. The Morgan fingerprint density at radius 1 is 1.32 bits per heavy atom. The maximum Gasteiger partial charge on any atom is 0.228 e. The van der Waals surface area contributed by atoms with Crippen LogP contribution in [0.25, 0.3) is 11.1 Å². The number of hydrogen-bond acceptors (Lipinski definition) is 1. The summed E-state index contributed by atoms with van der Waals surface area (Å²) in [6, 6.07) is 8.28. The van der Waals surface area contributed by atoms with Gasteiger partial charge in [0, 0.05) is 11.3 Å². The largest absolute Gasteiger partial charge is 0.325 e. The minimum Gasteiger partial charge on any atom is -0.325 e. The van der Waals surface area contributed by atoms with E-state index in [1.54, 1.807) is 12.1 Å². The average Bonchev–Trinajstić information content (AvgIpc) is 2.70. The Balaban J connectivity index is 2.21. The number of amides is 1. The molecule has 0 spiro atoms. The van der Waals surface area contributed by atoms with E-state index >= 15 is 0 Å². The SMILES string of the molecule is Cc1cc(-c2c(F)cccc2Cl)cc2c1NC(=O)C2. The molecule has 0 unspecified atom stereocenters. The van der Waals surface area contributed by atoms with Crippen LogP contribution in [0.2, 0.25) is 5.02 Å². The Bertz CT molecular complexity index is 677. The third kappa shape index (κ3) is 2.00. The lowest BCUT2D eigenvalue weighted by atomic mass is 9.98. The Kier molecular flexibility index (Phi) is 2.79. The normalized spacial score (nSPS) is 13.3. The molecule has 19 heavy (non-hydrogen) atoms. The summed E-state index contributed by atoms with van der Waals surface area (Å²) in [5.74, 6) is -0.390. The van der Waals surface area contributed by atoms with Crippen molar-refractivity contribution >= 4 is 23.2 Å². The summed E-state index contributed by atoms with van der Waals surface area (Å²) in [4.78, 5) is 11.4. The van der Waals surface area contributed by atoms with E-state index in [0.29, 0.717) is 22.6 Å². The average molecular weight is 276 g/mol. The molecule has 0 aromatic heterocycles. The second kappa shape index (κ2) is 4.35. The summed E-state index contributed by atoms with van der Waals surface area (Å²) >= 11 is 6.07. The Labute approximate surface area is 115 Å². The van der Waals surface area contributed by atoms with Gasteiger partial charge in [0.15, 0.2) is 0 Å². The van der Waals surface area contributed by atoms with Crippen LogP contribution >= 0.6 is 11.6 Å². The predicted octanol–water partition coefficient (Wildman–Crippen LogP) is 3.95. The first-order valence-electron chi connectivity index (χ1n) is 5.94. The Morgan fingerprint density at radius 2 is 2.11 bits per heavy atom. The summed E-state index contributed by atoms with van der Waals surface area (Å²) in [5, 5.41) is 3.18. The lowest BCUT2D eigenvalue weighted by Gasteiger charge is -2.10. The third-order valence-corrected chi connectivity index (χ3v) is 3.60. The Hall–Kier alpha value is -1.87. The number of rotatable bonds is 1. The zero-order valence-electron chi connectivity index (χ0n) is 10.3. The number of nitrogens with one attached hydrogen (secondary N) is 1. The number of fused-ring (bicyclic) bond motifs is 1. The molecule has 0 radical (unpaired) electrons. The number of anilines is 1. The molecule has 2 aromatic carbocycles. The minimum absolute atomic E-state index is 0.0325. The van der Waals surface area contributed by atoms with Crippen LogP contribution in [0.15, 0.2) is 30.3 Å². The van der Waals surface area contributed by atoms with Crippen molar-refractivity contribution in [3.05, 3.63) is 52.3 Å². The van der Waals surface area contributed by atoms with Crippen LogP contribution in [0.1, 0.15) is 11.1 Å². The molecule has 1 aliphatic heterocycles. The maximum atomic E-state index is 13.9. The molecule has 1 N–H and O–H groups in total. The van der Waals surface area contributed by atoms with E-state index < -0.39 is 0 Å². The maximum absolute atomic E-state index is 13.9. The van der Waals surface area contributed by atoms with Gasteiger partial charge in [-0.3, -0.25) is 4.79 Å². The van der Waals surface area contributed by atoms with Gasteiger partial charge in [-0.1, -0.05) is 17.7 Å². The topological polar surface area (TPSA) is 29.1 Å². The minimum atomic E-state index is -0.357. The number of carbonyl (C=O) groups is 1. The van der Waals surface area contributed by atoms with Gasteiger partial charge < -0.3 is 5.32 Å². The quantitative estimate of drug-likeness (QED) is 0.839. The molecule has 1 aliphatic rings. The van der Waals surface area contributed by atoms with Crippen LogP contribution in [-0.4, -0.2) is 5.91 Å². The van der Waals surface area contributed by atoms with Gasteiger partial charge in [-0.2, -0.15) is 0 Å². The fourth-order valence-electron chi connectivity index (χ4n) is 2.45. The van der Waals surface area contributed by atoms with Gasteiger partial charge in [-0.15, -0.1) is 0 Å². The van der Waals surface area contributed by atoms with Gasteiger partial charge in [0.25, 0.3) is 0 Å². The van der Waals surface area contributed by atoms with E-state index in [9.17, 15) is 9.18 Å². The van der Waals surface area contributed by atoms with E-state index in [2.05, 4.69) is 5.32 Å². The van der Waals surface area contributed by atoms with Crippen molar-refractivity contribution < 1.29 is 9.18 Å². The molecule has 96 valence electrons. The summed E-state index contributed by atoms with van der Waals surface area (Å²) in [5.41, 5.74) is 3.73. The molecule has 4 heteroatoms. The smallest absolute Gasteiger partial charge is 0.228 e. The highest BCUT2D eigenvalue weighted by Gasteiger charge is 2.21. The second-order valence-corrected chi connectivity index (χ2v) is 5.06. The summed E-state index contributed by atoms with van der Waals surface area (Å²) in [6.45, 7) is 1.89. The van der Waals surface area contributed by atoms with E-state index in [0.717, 1.165) is 16.8 Å². The molecule has 1 amide bonds. The number of benzene rings is 2. The molecule has 0 saturated carbocycles. The van der Waals surface area contributed by atoms with E-state index in [1.165, 1.54) is 6.07 Å². The lowest BCUT2D eigenvalue weighted by Crippen LogP contribution is -2.04. The Morgan fingerprint density at radius 3 is 2.84 bits per heavy atom. The van der Waals surface area contributed by atoms with E-state index in [1.807, 2.05) is 19.1 Å². The first-order valence-corrected chi connectivity index (χ1v) is 6.32. The highest BCUT2D eigenvalue weighted by atomic mass is 35.5. The summed E-state index contributed by atoms with van der Waals surface area (Å²) in [6.07, 6.45) is 0.329. The van der Waals surface area contributed by atoms with Crippen molar-refractivity contribution in [3.63, 3.8) is 0 Å². The van der Waals surface area contributed by atoms with Crippen LogP contribution in [0.4, 0.5) is 10.1 Å². The van der Waals surface area contributed by atoms with Crippen LogP contribution in [0.3, 0.4) is 0 Å². The van der Waals surface area contributed by atoms with Crippen molar-refractivity contribution in [2.24, 2.45) is 0 Å². The van der Waals surface area contributed by atoms with Crippen LogP contribution in [0, 0.1) is 12.7 Å². The molecule has 0 aliphatic carbocycles. The van der Waals surface area contributed by atoms with Gasteiger partial charge >= 0.3 is 0 Å². The monoisotopic (exact) mass is 275 g/mol. The fourth-order valence-corrected chi connectivity index (χ4v) is 2.73. The van der Waals surface area contributed by atoms with Crippen molar-refractivity contribution in [2.45, 2.75) is 13.3 Å². The van der Waals surface area contributed by atoms with Gasteiger partial charge in [-0.25, -0.2) is 4.39 Å². The first kappa shape index (κ1) is 12.2. The number of halogens is 2. The molecule has 3 rings (SSSR count). The fraction of sp³-hybridized carbons (Fsp3) is 0.133. The molecule has 0 bridgehead atoms. The standard InChI is InChI=1S/C15H11ClFNO/c1-8-5-9(6-10-7-13(19)18-15(8)10)14-11(16)3-2-4-12(14)17/h2-6H,7H2,1H3,(H,18,19). The van der Waals surface area contributed by atoms with E-state index in [-0.39, 0.29) is 11.7 Å². The van der Waals surface area contributed by atoms with Crippen molar-refractivity contribution in [3.8, 4) is 11.1 Å². The van der Waals surface area contributed by atoms with E-state index in [4.69, 9.17) is 11.6 Å². The van der Waals surface area contributed by atoms with Gasteiger partial charge in [0.2, 0.25) is 5.91 Å².